The number of hydrogen-bond acceptors (Lipinski definition) is 0. The van der Waals surface area contributed by atoms with Gasteiger partial charge >= 0.3 is 0 Å². The predicted molar refractivity (Wildman–Crippen MR) is 301 cm³/mol. The average molecular weight is 902 g/mol. The van der Waals surface area contributed by atoms with Crippen LogP contribution in [0.1, 0.15) is 52.7 Å². The average Bonchev–Trinajstić information content (AvgIpc) is 3.69. The van der Waals surface area contributed by atoms with Gasteiger partial charge in [-0.05, 0) is 161 Å². The maximum atomic E-state index is 2.51. The molecule has 0 saturated carbocycles. The van der Waals surface area contributed by atoms with E-state index in [0.717, 1.165) is 0 Å². The summed E-state index contributed by atoms with van der Waals surface area (Å²) in [6.45, 7) is 14.1. The molecule has 0 aliphatic rings. The van der Waals surface area contributed by atoms with Gasteiger partial charge in [0.15, 0.2) is 0 Å². The van der Waals surface area contributed by atoms with Gasteiger partial charge in [-0.25, -0.2) is 0 Å². The van der Waals surface area contributed by atoms with Crippen LogP contribution in [0.3, 0.4) is 0 Å². The molecule has 0 fully saturated rings. The van der Waals surface area contributed by atoms with Crippen molar-refractivity contribution in [3.05, 3.63) is 242 Å². The summed E-state index contributed by atoms with van der Waals surface area (Å²) in [5, 5.41) is 2.56. The van der Waals surface area contributed by atoms with E-state index in [2.05, 4.69) is 284 Å². The Morgan fingerprint density at radius 3 is 0.786 bits per heavy atom. The standard InChI is InChI=1S/C69H59N/c1-68(2,3)56-42-62(60-34-22-20-32-58(60)54-38-50(46-24-12-8-13-25-46)36-51(39-54)47-26-14-9-15-27-47)66-64(44-56)65-45-57(69(4,5)6)43-63(67(65)70(66)7)61-35-23-21-33-59(61)55-40-52(48-28-16-10-17-29-48)37-53(41-55)49-30-18-11-19-31-49/h8-45H,1-7H3. The molecule has 0 aliphatic carbocycles. The Kier molecular flexibility index (Phi) is 11.3. The lowest BCUT2D eigenvalue weighted by molar-refractivity contribution is 0.590. The Labute approximate surface area is 414 Å². The van der Waals surface area contributed by atoms with Gasteiger partial charge < -0.3 is 4.57 Å². The molecule has 11 aromatic rings. The maximum absolute atomic E-state index is 2.51. The minimum absolute atomic E-state index is 0.106. The van der Waals surface area contributed by atoms with Crippen LogP contribution in [-0.4, -0.2) is 4.57 Å². The van der Waals surface area contributed by atoms with E-state index in [-0.39, 0.29) is 10.8 Å². The highest BCUT2D eigenvalue weighted by atomic mass is 14.9. The van der Waals surface area contributed by atoms with E-state index in [1.165, 1.54) is 122 Å². The molecule has 0 saturated heterocycles. The van der Waals surface area contributed by atoms with Gasteiger partial charge in [0.2, 0.25) is 0 Å². The number of nitrogens with zero attached hydrogens (tertiary/aromatic N) is 1. The highest BCUT2D eigenvalue weighted by Crippen LogP contribution is 2.48. The molecule has 0 unspecified atom stereocenters. The van der Waals surface area contributed by atoms with Crippen LogP contribution in [0.25, 0.3) is 111 Å². The van der Waals surface area contributed by atoms with Gasteiger partial charge in [-0.1, -0.05) is 211 Å². The van der Waals surface area contributed by atoms with Crippen molar-refractivity contribution in [2.75, 3.05) is 0 Å². The summed E-state index contributed by atoms with van der Waals surface area (Å²) >= 11 is 0. The SMILES string of the molecule is Cn1c2c(-c3ccccc3-c3cc(-c4ccccc4)cc(-c4ccccc4)c3)cc(C(C)(C)C)cc2c2cc(C(C)(C)C)cc(-c3ccccc3-c3cc(-c4ccccc4)cc(-c4ccccc4)c3)c21. The smallest absolute Gasteiger partial charge is 0.0568 e. The van der Waals surface area contributed by atoms with Gasteiger partial charge in [-0.3, -0.25) is 0 Å². The van der Waals surface area contributed by atoms with Gasteiger partial charge in [0, 0.05) is 28.9 Å². The van der Waals surface area contributed by atoms with Crippen molar-refractivity contribution >= 4 is 21.8 Å². The van der Waals surface area contributed by atoms with Crippen LogP contribution in [0.2, 0.25) is 0 Å². The second kappa shape index (κ2) is 17.8. The molecule has 0 aliphatic heterocycles. The second-order valence-corrected chi connectivity index (χ2v) is 21.1. The Morgan fingerprint density at radius 1 is 0.243 bits per heavy atom. The zero-order valence-electron chi connectivity index (χ0n) is 41.4. The first kappa shape index (κ1) is 44.5. The van der Waals surface area contributed by atoms with Crippen molar-refractivity contribution in [3.8, 4) is 89.0 Å². The minimum Gasteiger partial charge on any atom is -0.343 e. The summed E-state index contributed by atoms with van der Waals surface area (Å²) in [7, 11) is 2.30. The molecule has 11 rings (SSSR count). The molecule has 1 aromatic heterocycles. The Balaban J connectivity index is 1.19. The van der Waals surface area contributed by atoms with Crippen LogP contribution in [0, 0.1) is 0 Å². The molecule has 0 spiro atoms. The van der Waals surface area contributed by atoms with E-state index in [1.807, 2.05) is 0 Å². The highest BCUT2D eigenvalue weighted by molar-refractivity contribution is 6.18. The van der Waals surface area contributed by atoms with Crippen LogP contribution in [0.15, 0.2) is 231 Å². The molecule has 0 atom stereocenters. The summed E-state index contributed by atoms with van der Waals surface area (Å²) < 4.78 is 2.51. The molecular weight excluding hydrogens is 843 g/mol. The van der Waals surface area contributed by atoms with Gasteiger partial charge in [0.25, 0.3) is 0 Å². The summed E-state index contributed by atoms with van der Waals surface area (Å²) in [4.78, 5) is 0. The fourth-order valence-corrected chi connectivity index (χ4v) is 10.5. The van der Waals surface area contributed by atoms with E-state index in [0.29, 0.717) is 0 Å². The number of fused-ring (bicyclic) bond motifs is 3. The Hall–Kier alpha value is -8.00. The van der Waals surface area contributed by atoms with Crippen molar-refractivity contribution in [2.45, 2.75) is 52.4 Å². The Morgan fingerprint density at radius 2 is 0.500 bits per heavy atom. The van der Waals surface area contributed by atoms with Crippen LogP contribution in [0.5, 0.6) is 0 Å². The predicted octanol–water partition coefficient (Wildman–Crippen LogP) is 19.3. The maximum Gasteiger partial charge on any atom is 0.0568 e. The van der Waals surface area contributed by atoms with Crippen molar-refractivity contribution in [1.29, 1.82) is 0 Å². The van der Waals surface area contributed by atoms with E-state index in [9.17, 15) is 0 Å². The lowest BCUT2D eigenvalue weighted by atomic mass is 9.81. The quantitative estimate of drug-likeness (QED) is 0.143. The molecule has 340 valence electrons. The van der Waals surface area contributed by atoms with E-state index in [1.54, 1.807) is 0 Å². The van der Waals surface area contributed by atoms with E-state index in [4.69, 9.17) is 0 Å². The highest BCUT2D eigenvalue weighted by Gasteiger charge is 2.27. The summed E-state index contributed by atoms with van der Waals surface area (Å²) in [5.74, 6) is 0. The molecule has 1 heterocycles. The van der Waals surface area contributed by atoms with Crippen molar-refractivity contribution in [1.82, 2.24) is 4.57 Å². The van der Waals surface area contributed by atoms with Crippen LogP contribution in [0.4, 0.5) is 0 Å². The topological polar surface area (TPSA) is 4.93 Å². The number of aromatic nitrogens is 1. The summed E-state index contributed by atoms with van der Waals surface area (Å²) in [6, 6.07) is 85.5. The van der Waals surface area contributed by atoms with Crippen molar-refractivity contribution < 1.29 is 0 Å². The van der Waals surface area contributed by atoms with E-state index >= 15 is 0 Å². The lowest BCUT2D eigenvalue weighted by Crippen LogP contribution is -2.11. The monoisotopic (exact) mass is 901 g/mol. The summed E-state index contributed by atoms with van der Waals surface area (Å²) in [6.07, 6.45) is 0. The minimum atomic E-state index is -0.106. The zero-order valence-corrected chi connectivity index (χ0v) is 41.4. The number of benzene rings is 10. The first-order chi connectivity index (χ1) is 33.9. The zero-order chi connectivity index (χ0) is 48.1. The molecule has 0 amide bonds. The molecule has 1 heteroatoms. The fraction of sp³-hybridized carbons (Fsp3) is 0.130. The van der Waals surface area contributed by atoms with Crippen LogP contribution < -0.4 is 0 Å². The van der Waals surface area contributed by atoms with Crippen molar-refractivity contribution in [3.63, 3.8) is 0 Å². The normalized spacial score (nSPS) is 11.9. The first-order valence-electron chi connectivity index (χ1n) is 24.7. The van der Waals surface area contributed by atoms with Gasteiger partial charge in [-0.15, -0.1) is 0 Å². The molecule has 1 nitrogen and oxygen atoms in total. The molecular formula is C69H59N. The Bertz CT molecular complexity index is 3330. The van der Waals surface area contributed by atoms with Gasteiger partial charge in [0.1, 0.15) is 0 Å². The largest absolute Gasteiger partial charge is 0.343 e. The second-order valence-electron chi connectivity index (χ2n) is 21.1. The summed E-state index contributed by atoms with van der Waals surface area (Å²) in [5.41, 5.74) is 24.2. The van der Waals surface area contributed by atoms with E-state index < -0.39 is 0 Å². The van der Waals surface area contributed by atoms with Crippen molar-refractivity contribution in [2.24, 2.45) is 7.05 Å². The third-order valence-corrected chi connectivity index (χ3v) is 14.3. The number of aryl methyl sites for hydroxylation is 1. The third-order valence-electron chi connectivity index (χ3n) is 14.3. The first-order valence-corrected chi connectivity index (χ1v) is 24.7. The molecule has 0 N–H and O–H groups in total. The lowest BCUT2D eigenvalue weighted by Gasteiger charge is -2.22. The fourth-order valence-electron chi connectivity index (χ4n) is 10.5. The van der Waals surface area contributed by atoms with Gasteiger partial charge in [-0.2, -0.15) is 0 Å². The third kappa shape index (κ3) is 8.37. The van der Waals surface area contributed by atoms with Crippen LogP contribution in [-0.2, 0) is 17.9 Å². The van der Waals surface area contributed by atoms with Crippen LogP contribution >= 0.6 is 0 Å². The number of hydrogen-bond donors (Lipinski definition) is 0. The molecule has 0 radical (unpaired) electrons. The molecule has 0 bridgehead atoms. The number of rotatable bonds is 8. The van der Waals surface area contributed by atoms with Gasteiger partial charge in [0.05, 0.1) is 11.0 Å². The molecule has 10 aromatic carbocycles. The molecule has 70 heavy (non-hydrogen) atoms.